The number of carbonyl (C=O) groups is 2. The van der Waals surface area contributed by atoms with Crippen molar-refractivity contribution >= 4 is 50.9 Å². The van der Waals surface area contributed by atoms with E-state index < -0.39 is 11.9 Å². The van der Waals surface area contributed by atoms with E-state index in [4.69, 9.17) is 0 Å². The lowest BCUT2D eigenvalue weighted by atomic mass is 10.1. The summed E-state index contributed by atoms with van der Waals surface area (Å²) in [5, 5.41) is 12.1. The molecule has 0 aliphatic carbocycles. The highest BCUT2D eigenvalue weighted by Gasteiger charge is 2.22. The second-order valence-corrected chi connectivity index (χ2v) is 7.71. The van der Waals surface area contributed by atoms with Gasteiger partial charge < -0.3 is 10.4 Å². The van der Waals surface area contributed by atoms with Gasteiger partial charge in [0, 0.05) is 17.9 Å². The molecule has 2 N–H and O–H groups in total. The third-order valence-corrected chi connectivity index (χ3v) is 5.86. The molecule has 0 fully saturated rings. The highest BCUT2D eigenvalue weighted by molar-refractivity contribution is 8.01. The molecular weight excluding hydrogens is 356 g/mol. The molecule has 0 bridgehead atoms. The van der Waals surface area contributed by atoms with Gasteiger partial charge in [-0.1, -0.05) is 42.1 Å². The number of aromatic nitrogens is 1. The van der Waals surface area contributed by atoms with Gasteiger partial charge in [-0.25, -0.2) is 4.98 Å². The molecule has 0 saturated heterocycles. The number of amides is 1. The van der Waals surface area contributed by atoms with E-state index >= 15 is 0 Å². The Labute approximate surface area is 153 Å². The average molecular weight is 372 g/mol. The first-order valence-corrected chi connectivity index (χ1v) is 9.48. The van der Waals surface area contributed by atoms with Crippen molar-refractivity contribution in [3.05, 3.63) is 54.6 Å². The lowest BCUT2D eigenvalue weighted by Gasteiger charge is -2.11. The summed E-state index contributed by atoms with van der Waals surface area (Å²) in [4.78, 5) is 28.0. The summed E-state index contributed by atoms with van der Waals surface area (Å²) in [6, 6.07) is 16.8. The molecule has 1 aromatic heterocycles. The predicted molar refractivity (Wildman–Crippen MR) is 101 cm³/mol. The molecule has 1 atom stereocenters. The van der Waals surface area contributed by atoms with Crippen LogP contribution in [-0.2, 0) is 9.59 Å². The Kier molecular flexibility index (Phi) is 5.67. The second-order valence-electron chi connectivity index (χ2n) is 5.41. The second kappa shape index (κ2) is 8.13. The number of rotatable bonds is 7. The van der Waals surface area contributed by atoms with E-state index in [1.165, 1.54) is 23.1 Å². The maximum atomic E-state index is 12.1. The molecule has 3 rings (SSSR count). The number of carbonyl (C=O) groups excluding carboxylic acids is 1. The fourth-order valence-corrected chi connectivity index (χ4v) is 4.43. The zero-order valence-corrected chi connectivity index (χ0v) is 14.8. The van der Waals surface area contributed by atoms with Crippen LogP contribution in [0.5, 0.6) is 0 Å². The van der Waals surface area contributed by atoms with Crippen LogP contribution in [0.1, 0.15) is 6.42 Å². The number of para-hydroxylation sites is 2. The Morgan fingerprint density at radius 3 is 2.56 bits per heavy atom. The van der Waals surface area contributed by atoms with Crippen LogP contribution in [0.4, 0.5) is 5.69 Å². The number of anilines is 1. The van der Waals surface area contributed by atoms with Gasteiger partial charge in [0.1, 0.15) is 0 Å². The van der Waals surface area contributed by atoms with E-state index in [2.05, 4.69) is 10.3 Å². The minimum Gasteiger partial charge on any atom is -0.481 e. The number of benzene rings is 2. The van der Waals surface area contributed by atoms with Crippen molar-refractivity contribution in [3.8, 4) is 0 Å². The molecule has 128 valence electrons. The molecule has 2 aromatic carbocycles. The molecule has 0 spiro atoms. The molecule has 3 aromatic rings. The van der Waals surface area contributed by atoms with Crippen LogP contribution < -0.4 is 5.32 Å². The molecule has 0 aliphatic rings. The number of nitrogens with zero attached hydrogens (tertiary/aromatic N) is 1. The van der Waals surface area contributed by atoms with Crippen molar-refractivity contribution in [1.29, 1.82) is 0 Å². The summed E-state index contributed by atoms with van der Waals surface area (Å²) in [5.74, 6) is -1.74. The zero-order valence-electron chi connectivity index (χ0n) is 13.2. The topological polar surface area (TPSA) is 79.3 Å². The first kappa shape index (κ1) is 17.4. The zero-order chi connectivity index (χ0) is 17.6. The summed E-state index contributed by atoms with van der Waals surface area (Å²) >= 11 is 2.91. The van der Waals surface area contributed by atoms with Gasteiger partial charge in [-0.15, -0.1) is 11.3 Å². The van der Waals surface area contributed by atoms with Gasteiger partial charge in [0.25, 0.3) is 0 Å². The Bertz CT molecular complexity index is 847. The normalized spacial score (nSPS) is 12.0. The predicted octanol–water partition coefficient (Wildman–Crippen LogP) is 4.12. The number of carboxylic acid groups (broad SMARTS) is 1. The summed E-state index contributed by atoms with van der Waals surface area (Å²) in [5.41, 5.74) is 1.57. The summed E-state index contributed by atoms with van der Waals surface area (Å²) in [7, 11) is 0. The SMILES string of the molecule is O=C(CC(CSc1nc2ccccc2s1)C(=O)O)Nc1ccccc1. The molecule has 1 amide bonds. The number of thioether (sulfide) groups is 1. The lowest BCUT2D eigenvalue weighted by molar-refractivity contribution is -0.142. The van der Waals surface area contributed by atoms with E-state index in [0.717, 1.165) is 14.6 Å². The molecule has 1 unspecified atom stereocenters. The number of hydrogen-bond donors (Lipinski definition) is 2. The average Bonchev–Trinajstić information content (AvgIpc) is 3.02. The first-order valence-electron chi connectivity index (χ1n) is 7.68. The van der Waals surface area contributed by atoms with Crippen molar-refractivity contribution in [1.82, 2.24) is 4.98 Å². The van der Waals surface area contributed by atoms with Gasteiger partial charge in [-0.05, 0) is 24.3 Å². The Morgan fingerprint density at radius 1 is 1.12 bits per heavy atom. The van der Waals surface area contributed by atoms with Crippen molar-refractivity contribution < 1.29 is 14.7 Å². The number of aliphatic carboxylic acids is 1. The van der Waals surface area contributed by atoms with E-state index in [1.54, 1.807) is 12.1 Å². The van der Waals surface area contributed by atoms with Crippen LogP contribution in [0.15, 0.2) is 58.9 Å². The number of thiazole rings is 1. The lowest BCUT2D eigenvalue weighted by Crippen LogP contribution is -2.24. The summed E-state index contributed by atoms with van der Waals surface area (Å²) < 4.78 is 1.88. The van der Waals surface area contributed by atoms with E-state index in [1.807, 2.05) is 42.5 Å². The van der Waals surface area contributed by atoms with E-state index in [9.17, 15) is 14.7 Å². The van der Waals surface area contributed by atoms with Gasteiger partial charge in [-0.2, -0.15) is 0 Å². The molecule has 0 radical (unpaired) electrons. The number of carboxylic acids is 1. The third-order valence-electron chi connectivity index (χ3n) is 3.52. The fourth-order valence-electron chi connectivity index (χ4n) is 2.26. The quantitative estimate of drug-likeness (QED) is 0.610. The van der Waals surface area contributed by atoms with Crippen LogP contribution >= 0.6 is 23.1 Å². The van der Waals surface area contributed by atoms with E-state index in [-0.39, 0.29) is 12.3 Å². The van der Waals surface area contributed by atoms with Crippen LogP contribution in [0.25, 0.3) is 10.2 Å². The van der Waals surface area contributed by atoms with Crippen LogP contribution in [0.3, 0.4) is 0 Å². The van der Waals surface area contributed by atoms with Crippen LogP contribution in [-0.4, -0.2) is 27.7 Å². The fraction of sp³-hybridized carbons (Fsp3) is 0.167. The standard InChI is InChI=1S/C18H16N2O3S2/c21-16(19-13-6-2-1-3-7-13)10-12(17(22)23)11-24-18-20-14-8-4-5-9-15(14)25-18/h1-9,12H,10-11H2,(H,19,21)(H,22,23). The van der Waals surface area contributed by atoms with Gasteiger partial charge in [0.2, 0.25) is 5.91 Å². The van der Waals surface area contributed by atoms with Gasteiger partial charge >= 0.3 is 5.97 Å². The molecular formula is C18H16N2O3S2. The monoisotopic (exact) mass is 372 g/mol. The van der Waals surface area contributed by atoms with Crippen molar-refractivity contribution in [2.45, 2.75) is 10.8 Å². The highest BCUT2D eigenvalue weighted by atomic mass is 32.2. The molecule has 0 saturated carbocycles. The van der Waals surface area contributed by atoms with Gasteiger partial charge in [0.05, 0.1) is 16.1 Å². The maximum Gasteiger partial charge on any atom is 0.307 e. The number of hydrogen-bond acceptors (Lipinski definition) is 5. The van der Waals surface area contributed by atoms with E-state index in [0.29, 0.717) is 11.4 Å². The minimum atomic E-state index is -0.975. The first-order chi connectivity index (χ1) is 12.1. The smallest absolute Gasteiger partial charge is 0.307 e. The highest BCUT2D eigenvalue weighted by Crippen LogP contribution is 2.31. The molecule has 5 nitrogen and oxygen atoms in total. The van der Waals surface area contributed by atoms with Crippen molar-refractivity contribution in [3.63, 3.8) is 0 Å². The Hall–Kier alpha value is -2.38. The summed E-state index contributed by atoms with van der Waals surface area (Å²) in [6.07, 6.45) is -0.0673. The molecule has 25 heavy (non-hydrogen) atoms. The Balaban J connectivity index is 1.59. The van der Waals surface area contributed by atoms with Gasteiger partial charge in [-0.3, -0.25) is 9.59 Å². The summed E-state index contributed by atoms with van der Waals surface area (Å²) in [6.45, 7) is 0. The molecule has 7 heteroatoms. The molecule has 1 heterocycles. The number of fused-ring (bicyclic) bond motifs is 1. The van der Waals surface area contributed by atoms with Crippen molar-refractivity contribution in [2.75, 3.05) is 11.1 Å². The number of nitrogens with one attached hydrogen (secondary N) is 1. The van der Waals surface area contributed by atoms with Gasteiger partial charge in [0.15, 0.2) is 4.34 Å². The van der Waals surface area contributed by atoms with Crippen molar-refractivity contribution in [2.24, 2.45) is 5.92 Å². The molecule has 0 aliphatic heterocycles. The Morgan fingerprint density at radius 2 is 1.84 bits per heavy atom. The largest absolute Gasteiger partial charge is 0.481 e. The minimum absolute atomic E-state index is 0.0673. The van der Waals surface area contributed by atoms with Crippen LogP contribution in [0, 0.1) is 5.92 Å². The van der Waals surface area contributed by atoms with Crippen LogP contribution in [0.2, 0.25) is 0 Å². The maximum absolute atomic E-state index is 12.1. The third kappa shape index (κ3) is 4.80.